The van der Waals surface area contributed by atoms with Gasteiger partial charge < -0.3 is 9.88 Å². The summed E-state index contributed by atoms with van der Waals surface area (Å²) in [6, 6.07) is 12.3. The molecule has 6 heteroatoms. The van der Waals surface area contributed by atoms with E-state index in [0.29, 0.717) is 12.1 Å². The Kier molecular flexibility index (Phi) is 4.43. The molecule has 0 unspecified atom stereocenters. The minimum Gasteiger partial charge on any atom is -0.352 e. The third-order valence-electron chi connectivity index (χ3n) is 3.73. The first kappa shape index (κ1) is 15.7. The zero-order valence-corrected chi connectivity index (χ0v) is 13.9. The largest absolute Gasteiger partial charge is 0.352 e. The summed E-state index contributed by atoms with van der Waals surface area (Å²) in [6.45, 7) is 3.38. The van der Waals surface area contributed by atoms with Crippen LogP contribution in [0.2, 0.25) is 0 Å². The maximum absolute atomic E-state index is 13.3. The van der Waals surface area contributed by atoms with E-state index in [1.807, 2.05) is 35.8 Å². The predicted octanol–water partition coefficient (Wildman–Crippen LogP) is 3.54. The summed E-state index contributed by atoms with van der Waals surface area (Å²) in [5.41, 5.74) is 2.62. The quantitative estimate of drug-likeness (QED) is 0.778. The Bertz CT molecular complexity index is 858. The molecular weight excluding hydrogens is 313 g/mol. The summed E-state index contributed by atoms with van der Waals surface area (Å²) in [5.74, 6) is 0.434. The van der Waals surface area contributed by atoms with Crippen molar-refractivity contribution in [2.75, 3.05) is 11.6 Å². The lowest BCUT2D eigenvalue weighted by atomic mass is 10.2. The Balaban J connectivity index is 1.82. The van der Waals surface area contributed by atoms with E-state index < -0.39 is 10.8 Å². The van der Waals surface area contributed by atoms with E-state index in [-0.39, 0.29) is 5.82 Å². The van der Waals surface area contributed by atoms with Crippen molar-refractivity contribution < 1.29 is 8.60 Å². The van der Waals surface area contributed by atoms with Crippen molar-refractivity contribution in [1.29, 1.82) is 0 Å². The lowest BCUT2D eigenvalue weighted by Crippen LogP contribution is -2.06. The summed E-state index contributed by atoms with van der Waals surface area (Å²) < 4.78 is 26.8. The smallest absolute Gasteiger partial charge is 0.204 e. The predicted molar refractivity (Wildman–Crippen MR) is 91.5 cm³/mol. The highest BCUT2D eigenvalue weighted by Crippen LogP contribution is 2.21. The zero-order chi connectivity index (χ0) is 16.4. The lowest BCUT2D eigenvalue weighted by molar-refractivity contribution is 0.629. The maximum atomic E-state index is 13.3. The molecule has 1 N–H and O–H groups in total. The van der Waals surface area contributed by atoms with Crippen LogP contribution in [0.1, 0.15) is 12.5 Å². The molecule has 2 aromatic carbocycles. The van der Waals surface area contributed by atoms with Crippen molar-refractivity contribution in [3.05, 3.63) is 53.8 Å². The topological polar surface area (TPSA) is 46.9 Å². The van der Waals surface area contributed by atoms with Gasteiger partial charge in [0.2, 0.25) is 5.95 Å². The Morgan fingerprint density at radius 1 is 1.22 bits per heavy atom. The van der Waals surface area contributed by atoms with E-state index in [4.69, 9.17) is 0 Å². The summed E-state index contributed by atoms with van der Waals surface area (Å²) in [5, 5.41) is 3.29. The number of imidazole rings is 1. The first-order valence-corrected chi connectivity index (χ1v) is 8.96. The van der Waals surface area contributed by atoms with E-state index in [0.717, 1.165) is 28.5 Å². The number of benzene rings is 2. The van der Waals surface area contributed by atoms with Crippen molar-refractivity contribution in [1.82, 2.24) is 9.55 Å². The van der Waals surface area contributed by atoms with Gasteiger partial charge in [-0.1, -0.05) is 12.1 Å². The van der Waals surface area contributed by atoms with Gasteiger partial charge >= 0.3 is 0 Å². The van der Waals surface area contributed by atoms with Gasteiger partial charge in [0.1, 0.15) is 5.82 Å². The normalized spacial score (nSPS) is 12.5. The molecule has 0 aliphatic rings. The molecule has 1 heterocycles. The fraction of sp³-hybridized carbons (Fsp3) is 0.235. The molecule has 120 valence electrons. The minimum atomic E-state index is -0.967. The molecule has 1 aromatic heterocycles. The molecule has 0 amide bonds. The van der Waals surface area contributed by atoms with Crippen LogP contribution in [0.25, 0.3) is 11.0 Å². The molecule has 0 fully saturated rings. The number of nitrogens with one attached hydrogen (secondary N) is 1. The van der Waals surface area contributed by atoms with Gasteiger partial charge in [-0.3, -0.25) is 4.21 Å². The number of aryl methyl sites for hydroxylation is 1. The van der Waals surface area contributed by atoms with Crippen LogP contribution in [0, 0.1) is 5.82 Å². The fourth-order valence-electron chi connectivity index (χ4n) is 2.54. The average Bonchev–Trinajstić information content (AvgIpc) is 2.89. The van der Waals surface area contributed by atoms with E-state index >= 15 is 0 Å². The molecular formula is C17H18FN3OS. The van der Waals surface area contributed by atoms with Crippen molar-refractivity contribution in [3.63, 3.8) is 0 Å². The highest BCUT2D eigenvalue weighted by molar-refractivity contribution is 7.84. The Morgan fingerprint density at radius 3 is 2.61 bits per heavy atom. The Hall–Kier alpha value is -2.21. The maximum Gasteiger partial charge on any atom is 0.204 e. The van der Waals surface area contributed by atoms with Crippen LogP contribution in [-0.4, -0.2) is 20.0 Å². The average molecular weight is 331 g/mol. The molecule has 0 saturated heterocycles. The third-order valence-corrected chi connectivity index (χ3v) is 4.67. The number of hydrogen-bond acceptors (Lipinski definition) is 3. The van der Waals surface area contributed by atoms with Crippen LogP contribution < -0.4 is 5.32 Å². The van der Waals surface area contributed by atoms with Crippen molar-refractivity contribution in [3.8, 4) is 0 Å². The summed E-state index contributed by atoms with van der Waals surface area (Å²) in [4.78, 5) is 5.28. The molecule has 3 rings (SSSR count). The molecule has 0 aliphatic heterocycles. The number of nitrogens with zero attached hydrogens (tertiary/aromatic N) is 2. The van der Waals surface area contributed by atoms with Crippen LogP contribution >= 0.6 is 0 Å². The molecule has 1 atom stereocenters. The van der Waals surface area contributed by atoms with Gasteiger partial charge in [0.05, 0.1) is 11.0 Å². The van der Waals surface area contributed by atoms with E-state index in [1.54, 1.807) is 12.3 Å². The molecule has 4 nitrogen and oxygen atoms in total. The van der Waals surface area contributed by atoms with E-state index in [2.05, 4.69) is 10.3 Å². The van der Waals surface area contributed by atoms with Crippen molar-refractivity contribution in [2.45, 2.75) is 24.9 Å². The highest BCUT2D eigenvalue weighted by atomic mass is 32.2. The molecule has 23 heavy (non-hydrogen) atoms. The number of anilines is 1. The van der Waals surface area contributed by atoms with Crippen molar-refractivity contribution in [2.24, 2.45) is 0 Å². The number of fused-ring (bicyclic) bond motifs is 1. The van der Waals surface area contributed by atoms with Gasteiger partial charge in [-0.15, -0.1) is 0 Å². The van der Waals surface area contributed by atoms with Crippen LogP contribution in [0.3, 0.4) is 0 Å². The molecule has 0 saturated carbocycles. The Labute approximate surface area is 136 Å². The SMILES string of the molecule is CCn1c(NCc2ccc([S@@](C)=O)cc2)nc2cc(F)ccc21. The second kappa shape index (κ2) is 6.50. The van der Waals surface area contributed by atoms with E-state index in [9.17, 15) is 8.60 Å². The molecule has 0 bridgehead atoms. The van der Waals surface area contributed by atoms with Crippen LogP contribution in [0.4, 0.5) is 10.3 Å². The lowest BCUT2D eigenvalue weighted by Gasteiger charge is -2.09. The molecule has 0 spiro atoms. The standard InChI is InChI=1S/C17H18FN3OS/c1-3-21-16-9-6-13(18)10-15(16)20-17(21)19-11-12-4-7-14(8-5-12)23(2)22/h4-10H,3,11H2,1-2H3,(H,19,20)/t23-/m1/s1. The highest BCUT2D eigenvalue weighted by Gasteiger charge is 2.10. The summed E-state index contributed by atoms with van der Waals surface area (Å²) in [6.07, 6.45) is 1.66. The van der Waals surface area contributed by atoms with Gasteiger partial charge in [-0.05, 0) is 36.8 Å². The minimum absolute atomic E-state index is 0.284. The molecule has 3 aromatic rings. The van der Waals surface area contributed by atoms with Crippen molar-refractivity contribution >= 4 is 27.8 Å². The van der Waals surface area contributed by atoms with E-state index in [1.165, 1.54) is 12.1 Å². The van der Waals surface area contributed by atoms with Gasteiger partial charge in [0.15, 0.2) is 0 Å². The zero-order valence-electron chi connectivity index (χ0n) is 13.0. The second-order valence-electron chi connectivity index (χ2n) is 5.26. The first-order chi connectivity index (χ1) is 11.1. The summed E-state index contributed by atoms with van der Waals surface area (Å²) in [7, 11) is -0.967. The van der Waals surface area contributed by atoms with Gasteiger partial charge in [0, 0.05) is 41.1 Å². The van der Waals surface area contributed by atoms with Crippen LogP contribution in [-0.2, 0) is 23.9 Å². The second-order valence-corrected chi connectivity index (χ2v) is 6.64. The monoisotopic (exact) mass is 331 g/mol. The van der Waals surface area contributed by atoms with Crippen LogP contribution in [0.5, 0.6) is 0 Å². The number of hydrogen-bond donors (Lipinski definition) is 1. The fourth-order valence-corrected chi connectivity index (χ4v) is 3.06. The molecule has 0 radical (unpaired) electrons. The van der Waals surface area contributed by atoms with Crippen LogP contribution in [0.15, 0.2) is 47.4 Å². The van der Waals surface area contributed by atoms with Gasteiger partial charge in [-0.25, -0.2) is 9.37 Å². The van der Waals surface area contributed by atoms with Gasteiger partial charge in [0.25, 0.3) is 0 Å². The Morgan fingerprint density at radius 2 is 1.96 bits per heavy atom. The van der Waals surface area contributed by atoms with Gasteiger partial charge in [-0.2, -0.15) is 0 Å². The molecule has 0 aliphatic carbocycles. The number of aromatic nitrogens is 2. The summed E-state index contributed by atoms with van der Waals surface area (Å²) >= 11 is 0. The first-order valence-electron chi connectivity index (χ1n) is 7.40. The number of rotatable bonds is 5. The number of halogens is 1. The third kappa shape index (κ3) is 3.27.